The average Bonchev–Trinajstić information content (AvgIpc) is 1.85. The van der Waals surface area contributed by atoms with Gasteiger partial charge in [-0.1, -0.05) is 13.8 Å². The summed E-state index contributed by atoms with van der Waals surface area (Å²) < 4.78 is 0. The summed E-state index contributed by atoms with van der Waals surface area (Å²) in [5.41, 5.74) is 5.49. The highest BCUT2D eigenvalue weighted by atomic mass is 16.1. The maximum atomic E-state index is 11.4. The van der Waals surface area contributed by atoms with Crippen LogP contribution >= 0.6 is 0 Å². The monoisotopic (exact) mass is 172 g/mol. The van der Waals surface area contributed by atoms with Crippen molar-refractivity contribution in [2.75, 3.05) is 6.54 Å². The predicted octanol–water partition coefficient (Wildman–Crippen LogP) is 0.742. The fourth-order valence-corrected chi connectivity index (χ4v) is 1.07. The summed E-state index contributed by atoms with van der Waals surface area (Å²) in [6, 6.07) is 0.199. The first-order valence-corrected chi connectivity index (χ1v) is 4.49. The Kier molecular flexibility index (Phi) is 4.90. The molecular weight excluding hydrogens is 152 g/mol. The number of hydrogen-bond donors (Lipinski definition) is 2. The maximum Gasteiger partial charge on any atom is 0.224 e. The first-order valence-electron chi connectivity index (χ1n) is 4.49. The second-order valence-electron chi connectivity index (χ2n) is 3.75. The molecule has 0 rings (SSSR count). The van der Waals surface area contributed by atoms with Crippen molar-refractivity contribution in [1.29, 1.82) is 0 Å². The van der Waals surface area contributed by atoms with Gasteiger partial charge in [0.1, 0.15) is 0 Å². The molecule has 0 bridgehead atoms. The summed E-state index contributed by atoms with van der Waals surface area (Å²) in [5.74, 6) is 0.337. The first kappa shape index (κ1) is 11.4. The molecule has 0 heterocycles. The summed E-state index contributed by atoms with van der Waals surface area (Å²) in [5, 5.41) is 2.86. The fourth-order valence-electron chi connectivity index (χ4n) is 1.07. The molecule has 0 radical (unpaired) electrons. The van der Waals surface area contributed by atoms with E-state index in [0.29, 0.717) is 12.5 Å². The van der Waals surface area contributed by atoms with Crippen molar-refractivity contribution < 1.29 is 4.79 Å². The van der Waals surface area contributed by atoms with Crippen LogP contribution in [-0.4, -0.2) is 18.5 Å². The van der Waals surface area contributed by atoms with Crippen molar-refractivity contribution in [1.82, 2.24) is 5.32 Å². The Morgan fingerprint density at radius 1 is 1.33 bits per heavy atom. The molecule has 12 heavy (non-hydrogen) atoms. The van der Waals surface area contributed by atoms with Gasteiger partial charge in [-0.15, -0.1) is 0 Å². The lowest BCUT2D eigenvalue weighted by atomic mass is 9.95. The zero-order valence-electron chi connectivity index (χ0n) is 8.42. The SMILES string of the molecule is CC(C)NC(=O)C(CN)C(C)C. The molecule has 0 aromatic rings. The molecule has 72 valence electrons. The molecule has 0 saturated carbocycles. The van der Waals surface area contributed by atoms with E-state index in [1.54, 1.807) is 0 Å². The Morgan fingerprint density at radius 2 is 1.83 bits per heavy atom. The Hall–Kier alpha value is -0.570. The second-order valence-corrected chi connectivity index (χ2v) is 3.75. The number of hydrogen-bond acceptors (Lipinski definition) is 2. The lowest BCUT2D eigenvalue weighted by molar-refractivity contribution is -0.126. The largest absolute Gasteiger partial charge is 0.354 e. The van der Waals surface area contributed by atoms with E-state index in [9.17, 15) is 4.79 Å². The molecule has 0 fully saturated rings. The molecule has 0 aromatic carbocycles. The van der Waals surface area contributed by atoms with Crippen LogP contribution in [0.3, 0.4) is 0 Å². The van der Waals surface area contributed by atoms with E-state index in [-0.39, 0.29) is 17.9 Å². The summed E-state index contributed by atoms with van der Waals surface area (Å²) in [7, 11) is 0. The highest BCUT2D eigenvalue weighted by molar-refractivity contribution is 5.79. The van der Waals surface area contributed by atoms with Gasteiger partial charge in [0.15, 0.2) is 0 Å². The topological polar surface area (TPSA) is 55.1 Å². The van der Waals surface area contributed by atoms with Crippen LogP contribution in [0.5, 0.6) is 0 Å². The van der Waals surface area contributed by atoms with Crippen LogP contribution < -0.4 is 11.1 Å². The van der Waals surface area contributed by atoms with Crippen molar-refractivity contribution in [3.8, 4) is 0 Å². The van der Waals surface area contributed by atoms with Crippen LogP contribution in [0.1, 0.15) is 27.7 Å². The fraction of sp³-hybridized carbons (Fsp3) is 0.889. The van der Waals surface area contributed by atoms with Crippen LogP contribution in [-0.2, 0) is 4.79 Å². The first-order chi connectivity index (χ1) is 5.49. The zero-order chi connectivity index (χ0) is 9.72. The highest BCUT2D eigenvalue weighted by Crippen LogP contribution is 2.08. The molecule has 3 N–H and O–H groups in total. The second kappa shape index (κ2) is 5.14. The van der Waals surface area contributed by atoms with Crippen molar-refractivity contribution in [3.63, 3.8) is 0 Å². The van der Waals surface area contributed by atoms with Crippen LogP contribution in [0.4, 0.5) is 0 Å². The standard InChI is InChI=1S/C9H20N2O/c1-6(2)8(5-10)9(12)11-7(3)4/h6-8H,5,10H2,1-4H3,(H,11,12). The number of amides is 1. The van der Waals surface area contributed by atoms with Gasteiger partial charge in [0, 0.05) is 12.6 Å². The Morgan fingerprint density at radius 3 is 2.08 bits per heavy atom. The third kappa shape index (κ3) is 3.72. The van der Waals surface area contributed by atoms with E-state index in [4.69, 9.17) is 5.73 Å². The molecular formula is C9H20N2O. The van der Waals surface area contributed by atoms with E-state index in [0.717, 1.165) is 0 Å². The van der Waals surface area contributed by atoms with Crippen LogP contribution in [0.15, 0.2) is 0 Å². The van der Waals surface area contributed by atoms with Gasteiger partial charge >= 0.3 is 0 Å². The van der Waals surface area contributed by atoms with Crippen LogP contribution in [0, 0.1) is 11.8 Å². The van der Waals surface area contributed by atoms with Gasteiger partial charge in [-0.3, -0.25) is 4.79 Å². The van der Waals surface area contributed by atoms with Gasteiger partial charge in [-0.2, -0.15) is 0 Å². The van der Waals surface area contributed by atoms with Gasteiger partial charge in [0.25, 0.3) is 0 Å². The van der Waals surface area contributed by atoms with Gasteiger partial charge < -0.3 is 11.1 Å². The minimum Gasteiger partial charge on any atom is -0.354 e. The summed E-state index contributed by atoms with van der Waals surface area (Å²) in [6.45, 7) is 8.35. The van der Waals surface area contributed by atoms with E-state index in [1.807, 2.05) is 27.7 Å². The summed E-state index contributed by atoms with van der Waals surface area (Å²) in [6.07, 6.45) is 0. The van der Waals surface area contributed by atoms with Gasteiger partial charge in [0.05, 0.1) is 5.92 Å². The third-order valence-electron chi connectivity index (χ3n) is 1.83. The molecule has 1 atom stereocenters. The zero-order valence-corrected chi connectivity index (χ0v) is 8.42. The molecule has 1 amide bonds. The molecule has 0 aliphatic heterocycles. The molecule has 0 spiro atoms. The molecule has 0 saturated heterocycles. The van der Waals surface area contributed by atoms with Gasteiger partial charge in [-0.25, -0.2) is 0 Å². The molecule has 1 unspecified atom stereocenters. The van der Waals surface area contributed by atoms with Crippen molar-refractivity contribution in [2.24, 2.45) is 17.6 Å². The minimum atomic E-state index is -0.0487. The molecule has 0 aromatic heterocycles. The summed E-state index contributed by atoms with van der Waals surface area (Å²) in [4.78, 5) is 11.4. The normalized spacial score (nSPS) is 13.6. The Balaban J connectivity index is 4.04. The molecule has 0 aliphatic carbocycles. The number of rotatable bonds is 4. The predicted molar refractivity (Wildman–Crippen MR) is 50.7 cm³/mol. The number of carbonyl (C=O) groups excluding carboxylic acids is 1. The lowest BCUT2D eigenvalue weighted by Crippen LogP contribution is -2.40. The van der Waals surface area contributed by atoms with Gasteiger partial charge in [0.2, 0.25) is 5.91 Å². The smallest absolute Gasteiger partial charge is 0.224 e. The number of nitrogens with two attached hydrogens (primary N) is 1. The van der Waals surface area contributed by atoms with E-state index >= 15 is 0 Å². The van der Waals surface area contributed by atoms with E-state index < -0.39 is 0 Å². The Labute approximate surface area is 74.7 Å². The van der Waals surface area contributed by atoms with Gasteiger partial charge in [-0.05, 0) is 19.8 Å². The minimum absolute atomic E-state index is 0.0487. The molecule has 3 heteroatoms. The van der Waals surface area contributed by atoms with Crippen molar-refractivity contribution in [2.45, 2.75) is 33.7 Å². The third-order valence-corrected chi connectivity index (χ3v) is 1.83. The van der Waals surface area contributed by atoms with Crippen LogP contribution in [0.2, 0.25) is 0 Å². The number of nitrogens with one attached hydrogen (secondary N) is 1. The lowest BCUT2D eigenvalue weighted by Gasteiger charge is -2.19. The average molecular weight is 172 g/mol. The van der Waals surface area contributed by atoms with Crippen LogP contribution in [0.25, 0.3) is 0 Å². The molecule has 0 aliphatic rings. The summed E-state index contributed by atoms with van der Waals surface area (Å²) >= 11 is 0. The van der Waals surface area contributed by atoms with Crippen molar-refractivity contribution >= 4 is 5.91 Å². The highest BCUT2D eigenvalue weighted by Gasteiger charge is 2.20. The quantitative estimate of drug-likeness (QED) is 0.657. The van der Waals surface area contributed by atoms with Crippen molar-refractivity contribution in [3.05, 3.63) is 0 Å². The molecule has 3 nitrogen and oxygen atoms in total. The van der Waals surface area contributed by atoms with E-state index in [2.05, 4.69) is 5.32 Å². The maximum absolute atomic E-state index is 11.4. The van der Waals surface area contributed by atoms with E-state index in [1.165, 1.54) is 0 Å². The number of carbonyl (C=O) groups is 1. The Bertz CT molecular complexity index is 143.